The molecule has 1 aliphatic heterocycles. The Labute approximate surface area is 182 Å². The number of benzene rings is 2. The standard InChI is InChI=1S/C20H19BrN4O4S/c1-13-12-29-10-9-25(13)20(26)15-6-5-14(21)11-17(15)24-30(27,28)18-4-2-3-16-19(18)23-8-7-22-16/h2-8,11,13,24H,9-10,12H2,1H3/t13-/m0/s1. The number of amides is 1. The van der Waals surface area contributed by atoms with Crippen LogP contribution in [-0.4, -0.2) is 55.0 Å². The Bertz CT molecular complexity index is 1210. The van der Waals surface area contributed by atoms with E-state index < -0.39 is 10.0 Å². The number of rotatable bonds is 4. The van der Waals surface area contributed by atoms with Crippen LogP contribution in [-0.2, 0) is 14.8 Å². The minimum atomic E-state index is -4.03. The fraction of sp³-hybridized carbons (Fsp3) is 0.250. The average molecular weight is 491 g/mol. The van der Waals surface area contributed by atoms with E-state index in [0.717, 1.165) is 0 Å². The van der Waals surface area contributed by atoms with Gasteiger partial charge in [-0.2, -0.15) is 0 Å². The van der Waals surface area contributed by atoms with Crippen molar-refractivity contribution in [2.24, 2.45) is 0 Å². The molecule has 10 heteroatoms. The molecule has 1 aliphatic rings. The molecule has 8 nitrogen and oxygen atoms in total. The number of aromatic nitrogens is 2. The quantitative estimate of drug-likeness (QED) is 0.602. The molecule has 1 amide bonds. The number of ether oxygens (including phenoxy) is 1. The molecule has 0 bridgehead atoms. The van der Waals surface area contributed by atoms with Crippen LogP contribution in [0.5, 0.6) is 0 Å². The highest BCUT2D eigenvalue weighted by Crippen LogP contribution is 2.28. The van der Waals surface area contributed by atoms with Crippen LogP contribution < -0.4 is 4.72 Å². The SMILES string of the molecule is C[C@H]1COCCN1C(=O)c1ccc(Br)cc1NS(=O)(=O)c1cccc2nccnc12. The van der Waals surface area contributed by atoms with E-state index in [1.54, 1.807) is 35.2 Å². The first-order valence-corrected chi connectivity index (χ1v) is 11.6. The molecule has 3 aromatic rings. The molecule has 1 N–H and O–H groups in total. The summed E-state index contributed by atoms with van der Waals surface area (Å²) in [6.45, 7) is 3.23. The lowest BCUT2D eigenvalue weighted by Crippen LogP contribution is -2.47. The summed E-state index contributed by atoms with van der Waals surface area (Å²) in [6.07, 6.45) is 2.94. The number of fused-ring (bicyclic) bond motifs is 1. The minimum absolute atomic E-state index is 0.00813. The average Bonchev–Trinajstić information content (AvgIpc) is 2.73. The highest BCUT2D eigenvalue weighted by molar-refractivity contribution is 9.10. The van der Waals surface area contributed by atoms with Crippen molar-refractivity contribution in [3.8, 4) is 0 Å². The maximum absolute atomic E-state index is 13.2. The molecule has 0 unspecified atom stereocenters. The monoisotopic (exact) mass is 490 g/mol. The number of morpholine rings is 1. The molecule has 0 saturated carbocycles. The Kier molecular flexibility index (Phi) is 5.72. The fourth-order valence-electron chi connectivity index (χ4n) is 3.35. The van der Waals surface area contributed by atoms with Gasteiger partial charge < -0.3 is 9.64 Å². The Morgan fingerprint density at radius 2 is 2.03 bits per heavy atom. The van der Waals surface area contributed by atoms with Crippen LogP contribution in [0.25, 0.3) is 11.0 Å². The van der Waals surface area contributed by atoms with Crippen molar-refractivity contribution in [1.29, 1.82) is 0 Å². The van der Waals surface area contributed by atoms with E-state index in [-0.39, 0.29) is 33.6 Å². The number of sulfonamides is 1. The number of halogens is 1. The summed E-state index contributed by atoms with van der Waals surface area (Å²) in [5.41, 5.74) is 1.18. The molecule has 0 spiro atoms. The third kappa shape index (κ3) is 4.03. The molecule has 156 valence electrons. The van der Waals surface area contributed by atoms with Crippen molar-refractivity contribution >= 4 is 48.6 Å². The summed E-state index contributed by atoms with van der Waals surface area (Å²) in [5, 5.41) is 0. The number of carbonyl (C=O) groups is 1. The Hall–Kier alpha value is -2.56. The van der Waals surface area contributed by atoms with Gasteiger partial charge in [-0.1, -0.05) is 22.0 Å². The molecule has 1 atom stereocenters. The lowest BCUT2D eigenvalue weighted by atomic mass is 10.1. The Morgan fingerprint density at radius 3 is 2.83 bits per heavy atom. The summed E-state index contributed by atoms with van der Waals surface area (Å²) in [6, 6.07) is 9.54. The number of para-hydroxylation sites is 1. The molecule has 0 radical (unpaired) electrons. The van der Waals surface area contributed by atoms with Gasteiger partial charge in [0.25, 0.3) is 15.9 Å². The zero-order valence-corrected chi connectivity index (χ0v) is 18.5. The van der Waals surface area contributed by atoms with E-state index in [2.05, 4.69) is 30.6 Å². The van der Waals surface area contributed by atoms with Gasteiger partial charge in [0.05, 0.1) is 36.0 Å². The summed E-state index contributed by atoms with van der Waals surface area (Å²) in [4.78, 5) is 23.2. The highest BCUT2D eigenvalue weighted by atomic mass is 79.9. The lowest BCUT2D eigenvalue weighted by Gasteiger charge is -2.33. The highest BCUT2D eigenvalue weighted by Gasteiger charge is 2.28. The van der Waals surface area contributed by atoms with E-state index in [9.17, 15) is 13.2 Å². The summed E-state index contributed by atoms with van der Waals surface area (Å²) in [7, 11) is -4.03. The Balaban J connectivity index is 1.74. The van der Waals surface area contributed by atoms with Crippen molar-refractivity contribution in [2.75, 3.05) is 24.5 Å². The first-order chi connectivity index (χ1) is 14.4. The third-order valence-corrected chi connectivity index (χ3v) is 6.73. The summed E-state index contributed by atoms with van der Waals surface area (Å²) >= 11 is 3.35. The lowest BCUT2D eigenvalue weighted by molar-refractivity contribution is 0.00365. The zero-order chi connectivity index (χ0) is 21.3. The molecular formula is C20H19BrN4O4S. The van der Waals surface area contributed by atoms with E-state index in [1.165, 1.54) is 18.5 Å². The molecule has 30 heavy (non-hydrogen) atoms. The first kappa shape index (κ1) is 20.7. The van der Waals surface area contributed by atoms with Gasteiger partial charge in [-0.3, -0.25) is 19.5 Å². The van der Waals surface area contributed by atoms with Crippen molar-refractivity contribution in [2.45, 2.75) is 17.9 Å². The number of carbonyl (C=O) groups excluding carboxylic acids is 1. The van der Waals surface area contributed by atoms with E-state index in [1.807, 2.05) is 6.92 Å². The number of hydrogen-bond donors (Lipinski definition) is 1. The van der Waals surface area contributed by atoms with Gasteiger partial charge in [0.15, 0.2) is 0 Å². The van der Waals surface area contributed by atoms with Gasteiger partial charge in [-0.05, 0) is 37.3 Å². The van der Waals surface area contributed by atoms with Crippen LogP contribution in [0.3, 0.4) is 0 Å². The second kappa shape index (κ2) is 8.29. The maximum Gasteiger partial charge on any atom is 0.264 e. The van der Waals surface area contributed by atoms with Gasteiger partial charge in [-0.15, -0.1) is 0 Å². The molecular weight excluding hydrogens is 472 g/mol. The van der Waals surface area contributed by atoms with Gasteiger partial charge in [0.1, 0.15) is 10.4 Å². The van der Waals surface area contributed by atoms with Crippen LogP contribution in [0.15, 0.2) is 58.2 Å². The van der Waals surface area contributed by atoms with Gasteiger partial charge in [0.2, 0.25) is 0 Å². The predicted molar refractivity (Wildman–Crippen MR) is 116 cm³/mol. The van der Waals surface area contributed by atoms with Crippen molar-refractivity contribution in [3.05, 3.63) is 58.8 Å². The number of anilines is 1. The minimum Gasteiger partial charge on any atom is -0.377 e. The predicted octanol–water partition coefficient (Wildman–Crippen LogP) is 3.05. The largest absolute Gasteiger partial charge is 0.377 e. The van der Waals surface area contributed by atoms with Crippen LogP contribution in [0.1, 0.15) is 17.3 Å². The molecule has 2 aromatic carbocycles. The van der Waals surface area contributed by atoms with E-state index in [4.69, 9.17) is 4.74 Å². The van der Waals surface area contributed by atoms with Gasteiger partial charge in [0, 0.05) is 23.4 Å². The van der Waals surface area contributed by atoms with E-state index in [0.29, 0.717) is 29.7 Å². The zero-order valence-electron chi connectivity index (χ0n) is 16.1. The molecule has 1 fully saturated rings. The second-order valence-electron chi connectivity index (χ2n) is 6.90. The van der Waals surface area contributed by atoms with E-state index >= 15 is 0 Å². The van der Waals surface area contributed by atoms with Crippen LogP contribution >= 0.6 is 15.9 Å². The van der Waals surface area contributed by atoms with Gasteiger partial charge >= 0.3 is 0 Å². The molecule has 1 saturated heterocycles. The molecule has 4 rings (SSSR count). The molecule has 0 aliphatic carbocycles. The smallest absolute Gasteiger partial charge is 0.264 e. The fourth-order valence-corrected chi connectivity index (χ4v) is 4.95. The van der Waals surface area contributed by atoms with Crippen LogP contribution in [0.2, 0.25) is 0 Å². The summed E-state index contributed by atoms with van der Waals surface area (Å²) < 4.78 is 35.0. The second-order valence-corrected chi connectivity index (χ2v) is 9.46. The third-order valence-electron chi connectivity index (χ3n) is 4.84. The molecule has 1 aromatic heterocycles. The van der Waals surface area contributed by atoms with Crippen molar-refractivity contribution in [3.63, 3.8) is 0 Å². The van der Waals surface area contributed by atoms with Crippen LogP contribution in [0.4, 0.5) is 5.69 Å². The van der Waals surface area contributed by atoms with Crippen molar-refractivity contribution < 1.29 is 17.9 Å². The normalized spacial score (nSPS) is 17.1. The Morgan fingerprint density at radius 1 is 1.23 bits per heavy atom. The van der Waals surface area contributed by atoms with Crippen molar-refractivity contribution in [1.82, 2.24) is 14.9 Å². The maximum atomic E-state index is 13.2. The van der Waals surface area contributed by atoms with Crippen LogP contribution in [0, 0.1) is 0 Å². The summed E-state index contributed by atoms with van der Waals surface area (Å²) in [5.74, 6) is -0.256. The number of nitrogens with one attached hydrogen (secondary N) is 1. The number of hydrogen-bond acceptors (Lipinski definition) is 6. The first-order valence-electron chi connectivity index (χ1n) is 9.27. The van der Waals surface area contributed by atoms with Gasteiger partial charge in [-0.25, -0.2) is 8.42 Å². The topological polar surface area (TPSA) is 101 Å². The molecule has 2 heterocycles. The number of nitrogens with zero attached hydrogens (tertiary/aromatic N) is 3.